The van der Waals surface area contributed by atoms with Crippen LogP contribution in [0.25, 0.3) is 0 Å². The first-order valence-electron chi connectivity index (χ1n) is 6.90. The minimum absolute atomic E-state index is 0.203. The minimum Gasteiger partial charge on any atom is -0.491 e. The number of rotatable bonds is 6. The van der Waals surface area contributed by atoms with E-state index in [2.05, 4.69) is 34.7 Å². The van der Waals surface area contributed by atoms with Crippen molar-refractivity contribution >= 4 is 0 Å². The summed E-state index contributed by atoms with van der Waals surface area (Å²) in [5.74, 6) is 0.909. The number of hydrogen-bond donors (Lipinski definition) is 1. The lowest BCUT2D eigenvalue weighted by molar-refractivity contribution is 0.242. The van der Waals surface area contributed by atoms with E-state index in [1.807, 2.05) is 33.0 Å². The summed E-state index contributed by atoms with van der Waals surface area (Å²) >= 11 is 0. The van der Waals surface area contributed by atoms with E-state index in [0.717, 1.165) is 18.0 Å². The van der Waals surface area contributed by atoms with Crippen molar-refractivity contribution in [3.05, 3.63) is 41.7 Å². The topological polar surface area (TPSA) is 52.0 Å². The summed E-state index contributed by atoms with van der Waals surface area (Å²) in [6, 6.07) is 8.48. The Bertz CT molecular complexity index is 533. The van der Waals surface area contributed by atoms with Crippen LogP contribution in [0.4, 0.5) is 0 Å². The van der Waals surface area contributed by atoms with E-state index in [1.54, 1.807) is 10.9 Å². The smallest absolute Gasteiger partial charge is 0.119 e. The van der Waals surface area contributed by atoms with Gasteiger partial charge in [0.25, 0.3) is 0 Å². The van der Waals surface area contributed by atoms with Gasteiger partial charge < -0.3 is 10.1 Å². The monoisotopic (exact) mass is 274 g/mol. The molecule has 0 aliphatic heterocycles. The summed E-state index contributed by atoms with van der Waals surface area (Å²) in [5.41, 5.74) is 2.30. The first kappa shape index (κ1) is 14.5. The zero-order chi connectivity index (χ0) is 14.5. The van der Waals surface area contributed by atoms with Crippen molar-refractivity contribution in [1.82, 2.24) is 20.3 Å². The summed E-state index contributed by atoms with van der Waals surface area (Å²) in [6.07, 6.45) is 1.98. The highest BCUT2D eigenvalue weighted by Crippen LogP contribution is 2.18. The molecule has 5 heteroatoms. The summed E-state index contributed by atoms with van der Waals surface area (Å²) in [5, 5.41) is 11.2. The first-order valence-corrected chi connectivity index (χ1v) is 6.90. The van der Waals surface area contributed by atoms with E-state index >= 15 is 0 Å². The van der Waals surface area contributed by atoms with Gasteiger partial charge >= 0.3 is 0 Å². The van der Waals surface area contributed by atoms with Gasteiger partial charge in [-0.05, 0) is 38.5 Å². The molecule has 1 N–H and O–H groups in total. The van der Waals surface area contributed by atoms with Gasteiger partial charge in [-0.2, -0.15) is 0 Å². The molecule has 108 valence electrons. The molecule has 0 aliphatic rings. The molecular formula is C15H22N4O. The normalized spacial score (nSPS) is 12.7. The predicted molar refractivity (Wildman–Crippen MR) is 78.5 cm³/mol. The third-order valence-corrected chi connectivity index (χ3v) is 3.15. The van der Waals surface area contributed by atoms with Gasteiger partial charge in [-0.25, -0.2) is 0 Å². The summed E-state index contributed by atoms with van der Waals surface area (Å²) < 4.78 is 7.42. The van der Waals surface area contributed by atoms with Crippen molar-refractivity contribution in [3.8, 4) is 5.75 Å². The Hall–Kier alpha value is -1.88. The summed E-state index contributed by atoms with van der Waals surface area (Å²) in [6.45, 7) is 6.94. The van der Waals surface area contributed by atoms with Crippen molar-refractivity contribution in [2.45, 2.75) is 39.5 Å². The number of nitrogens with zero attached hydrogens (tertiary/aromatic N) is 3. The van der Waals surface area contributed by atoms with Gasteiger partial charge in [0.15, 0.2) is 0 Å². The van der Waals surface area contributed by atoms with E-state index < -0.39 is 0 Å². The van der Waals surface area contributed by atoms with Gasteiger partial charge in [0.1, 0.15) is 5.75 Å². The highest BCUT2D eigenvalue weighted by Gasteiger charge is 2.07. The van der Waals surface area contributed by atoms with Crippen molar-refractivity contribution in [2.75, 3.05) is 0 Å². The van der Waals surface area contributed by atoms with Crippen LogP contribution in [0.2, 0.25) is 0 Å². The van der Waals surface area contributed by atoms with E-state index in [4.69, 9.17) is 4.74 Å². The maximum atomic E-state index is 5.64. The molecule has 5 nitrogen and oxygen atoms in total. The highest BCUT2D eigenvalue weighted by molar-refractivity contribution is 5.29. The molecule has 0 saturated heterocycles. The van der Waals surface area contributed by atoms with Crippen LogP contribution in [0, 0.1) is 0 Å². The van der Waals surface area contributed by atoms with Crippen LogP contribution >= 0.6 is 0 Å². The van der Waals surface area contributed by atoms with Crippen LogP contribution in [0.3, 0.4) is 0 Å². The molecule has 1 unspecified atom stereocenters. The standard InChI is InChI=1S/C15H22N4O/c1-11(2)20-15-7-5-13(6-8-15)12(3)16-9-14-10-17-18-19(14)4/h5-8,10-12,16H,9H2,1-4H3. The second-order valence-corrected chi connectivity index (χ2v) is 5.19. The quantitative estimate of drug-likeness (QED) is 0.879. The van der Waals surface area contributed by atoms with Crippen LogP contribution in [-0.2, 0) is 13.6 Å². The Morgan fingerprint density at radius 1 is 1.20 bits per heavy atom. The molecule has 1 atom stereocenters. The third kappa shape index (κ3) is 3.81. The molecule has 1 heterocycles. The number of nitrogens with one attached hydrogen (secondary N) is 1. The Labute approximate surface area is 120 Å². The number of hydrogen-bond acceptors (Lipinski definition) is 4. The van der Waals surface area contributed by atoms with Crippen molar-refractivity contribution in [3.63, 3.8) is 0 Å². The zero-order valence-electron chi connectivity index (χ0n) is 12.5. The van der Waals surface area contributed by atoms with Crippen LogP contribution in [0.1, 0.15) is 38.1 Å². The van der Waals surface area contributed by atoms with E-state index in [9.17, 15) is 0 Å². The van der Waals surface area contributed by atoms with Crippen LogP contribution in [0.15, 0.2) is 30.5 Å². The van der Waals surface area contributed by atoms with Gasteiger partial charge in [-0.3, -0.25) is 4.68 Å². The van der Waals surface area contributed by atoms with E-state index in [-0.39, 0.29) is 12.1 Å². The largest absolute Gasteiger partial charge is 0.491 e. The molecule has 0 spiro atoms. The second kappa shape index (κ2) is 6.52. The predicted octanol–water partition coefficient (Wildman–Crippen LogP) is 2.45. The van der Waals surface area contributed by atoms with Crippen LogP contribution < -0.4 is 10.1 Å². The molecule has 1 aromatic heterocycles. The molecule has 0 aliphatic carbocycles. The molecule has 0 radical (unpaired) electrons. The number of aryl methyl sites for hydroxylation is 1. The molecule has 0 fully saturated rings. The SMILES string of the molecule is CC(C)Oc1ccc(C(C)NCc2cnnn2C)cc1. The minimum atomic E-state index is 0.203. The molecule has 2 rings (SSSR count). The van der Waals surface area contributed by atoms with Gasteiger partial charge in [-0.15, -0.1) is 5.10 Å². The average Bonchev–Trinajstić information content (AvgIpc) is 2.82. The maximum absolute atomic E-state index is 5.64. The average molecular weight is 274 g/mol. The van der Waals surface area contributed by atoms with E-state index in [1.165, 1.54) is 5.56 Å². The summed E-state index contributed by atoms with van der Waals surface area (Å²) in [4.78, 5) is 0. The summed E-state index contributed by atoms with van der Waals surface area (Å²) in [7, 11) is 1.90. The molecular weight excluding hydrogens is 252 g/mol. The fraction of sp³-hybridized carbons (Fsp3) is 0.467. The van der Waals surface area contributed by atoms with Crippen LogP contribution in [-0.4, -0.2) is 21.1 Å². The Morgan fingerprint density at radius 2 is 1.90 bits per heavy atom. The molecule has 2 aromatic rings. The highest BCUT2D eigenvalue weighted by atomic mass is 16.5. The fourth-order valence-corrected chi connectivity index (χ4v) is 1.95. The number of ether oxygens (including phenoxy) is 1. The number of benzene rings is 1. The fourth-order valence-electron chi connectivity index (χ4n) is 1.95. The van der Waals surface area contributed by atoms with Crippen molar-refractivity contribution in [2.24, 2.45) is 7.05 Å². The van der Waals surface area contributed by atoms with Gasteiger partial charge in [0, 0.05) is 19.6 Å². The lowest BCUT2D eigenvalue weighted by Gasteiger charge is -2.15. The Morgan fingerprint density at radius 3 is 2.45 bits per heavy atom. The van der Waals surface area contributed by atoms with Crippen molar-refractivity contribution < 1.29 is 4.74 Å². The van der Waals surface area contributed by atoms with Crippen LogP contribution in [0.5, 0.6) is 5.75 Å². The lowest BCUT2D eigenvalue weighted by Crippen LogP contribution is -2.19. The van der Waals surface area contributed by atoms with Gasteiger partial charge in [0.05, 0.1) is 18.0 Å². The molecule has 0 saturated carbocycles. The first-order chi connectivity index (χ1) is 9.56. The Balaban J connectivity index is 1.92. The maximum Gasteiger partial charge on any atom is 0.119 e. The lowest BCUT2D eigenvalue weighted by atomic mass is 10.1. The van der Waals surface area contributed by atoms with Crippen molar-refractivity contribution in [1.29, 1.82) is 0 Å². The second-order valence-electron chi connectivity index (χ2n) is 5.19. The molecule has 1 aromatic carbocycles. The van der Waals surface area contributed by atoms with Gasteiger partial charge in [0.2, 0.25) is 0 Å². The number of aromatic nitrogens is 3. The molecule has 0 amide bonds. The zero-order valence-corrected chi connectivity index (χ0v) is 12.5. The van der Waals surface area contributed by atoms with E-state index in [0.29, 0.717) is 0 Å². The molecule has 0 bridgehead atoms. The Kier molecular flexibility index (Phi) is 4.74. The third-order valence-electron chi connectivity index (χ3n) is 3.15. The molecule has 20 heavy (non-hydrogen) atoms. The van der Waals surface area contributed by atoms with Gasteiger partial charge in [-0.1, -0.05) is 17.3 Å².